The molecule has 3 aliphatic rings. The first kappa shape index (κ1) is 25.9. The summed E-state index contributed by atoms with van der Waals surface area (Å²) in [6.07, 6.45) is -2.66. The lowest BCUT2D eigenvalue weighted by molar-refractivity contribution is -0.236. The number of hydrogen-bond acceptors (Lipinski definition) is 8. The van der Waals surface area contributed by atoms with Gasteiger partial charge in [0, 0.05) is 43.7 Å². The Balaban J connectivity index is 1.50. The molecule has 3 fully saturated rings. The van der Waals surface area contributed by atoms with Gasteiger partial charge in [0.1, 0.15) is 5.76 Å². The van der Waals surface area contributed by atoms with Crippen LogP contribution in [0.2, 0.25) is 0 Å². The molecular formula is C20H28F3N5O6S. The molecule has 2 N–H and O–H groups in total. The fraction of sp³-hybridized carbons (Fsp3) is 0.750. The van der Waals surface area contributed by atoms with Crippen molar-refractivity contribution in [1.29, 1.82) is 0 Å². The second-order valence-corrected chi connectivity index (χ2v) is 11.2. The summed E-state index contributed by atoms with van der Waals surface area (Å²) < 4.78 is 72.8. The average Bonchev–Trinajstić information content (AvgIpc) is 3.52. The van der Waals surface area contributed by atoms with Gasteiger partial charge in [-0.2, -0.15) is 35.3 Å². The van der Waals surface area contributed by atoms with Crippen LogP contribution >= 0.6 is 0 Å². The summed E-state index contributed by atoms with van der Waals surface area (Å²) in [5.74, 6) is -3.07. The molecule has 196 valence electrons. The first-order chi connectivity index (χ1) is 16.4. The predicted octanol–water partition coefficient (Wildman–Crippen LogP) is 1.54. The second kappa shape index (κ2) is 9.67. The Morgan fingerprint density at radius 1 is 1.17 bits per heavy atom. The van der Waals surface area contributed by atoms with E-state index in [1.807, 2.05) is 0 Å². The highest BCUT2D eigenvalue weighted by molar-refractivity contribution is 7.86. The van der Waals surface area contributed by atoms with Crippen molar-refractivity contribution in [3.05, 3.63) is 17.5 Å². The standard InChI is InChI=1S/C20H28F3N5O6S/c1-12-10-15(6-9-27(12)35(31,32)26-7-4-14(24)5-8-26)28(34-19(30)20(21,22)23)18(29)16-11-17(33-25-16)13-2-3-13/h11-15H,2-10,24H2,1H3/t12-,15-/m0/s1. The van der Waals surface area contributed by atoms with Crippen LogP contribution in [0.5, 0.6) is 0 Å². The SMILES string of the molecule is C[C@H]1C[C@@H](N(OC(=O)C(F)(F)F)C(=O)c2cc(C3CC3)on2)CCN1S(=O)(=O)N1CCC(N)CC1. The number of carbonyl (C=O) groups is 2. The molecule has 11 nitrogen and oxygen atoms in total. The molecule has 35 heavy (non-hydrogen) atoms. The maximum atomic E-state index is 13.1. The predicted molar refractivity (Wildman–Crippen MR) is 114 cm³/mol. The molecule has 1 saturated carbocycles. The van der Waals surface area contributed by atoms with E-state index in [0.717, 1.165) is 12.8 Å². The van der Waals surface area contributed by atoms with Crippen LogP contribution in [-0.4, -0.2) is 83.1 Å². The summed E-state index contributed by atoms with van der Waals surface area (Å²) >= 11 is 0. The third-order valence-corrected chi connectivity index (χ3v) is 8.73. The third-order valence-electron chi connectivity index (χ3n) is 6.58. The van der Waals surface area contributed by atoms with Gasteiger partial charge < -0.3 is 15.1 Å². The lowest BCUT2D eigenvalue weighted by atomic mass is 10.00. The van der Waals surface area contributed by atoms with E-state index in [0.29, 0.717) is 23.7 Å². The summed E-state index contributed by atoms with van der Waals surface area (Å²) in [6.45, 7) is 2.07. The van der Waals surface area contributed by atoms with Crippen molar-refractivity contribution in [3.8, 4) is 0 Å². The summed E-state index contributed by atoms with van der Waals surface area (Å²) in [4.78, 5) is 29.1. The number of nitrogens with zero attached hydrogens (tertiary/aromatic N) is 4. The minimum atomic E-state index is -5.33. The van der Waals surface area contributed by atoms with Crippen LogP contribution < -0.4 is 5.73 Å². The molecule has 3 heterocycles. The largest absolute Gasteiger partial charge is 0.493 e. The fourth-order valence-corrected chi connectivity index (χ4v) is 6.27. The molecule has 0 radical (unpaired) electrons. The van der Waals surface area contributed by atoms with Crippen molar-refractivity contribution in [2.75, 3.05) is 19.6 Å². The highest BCUT2D eigenvalue weighted by Crippen LogP contribution is 2.40. The molecule has 1 aromatic rings. The van der Waals surface area contributed by atoms with Crippen molar-refractivity contribution in [1.82, 2.24) is 18.8 Å². The van der Waals surface area contributed by atoms with Crippen LogP contribution in [0, 0.1) is 0 Å². The topological polar surface area (TPSA) is 139 Å². The highest BCUT2D eigenvalue weighted by atomic mass is 32.2. The van der Waals surface area contributed by atoms with E-state index in [2.05, 4.69) is 9.99 Å². The molecule has 0 spiro atoms. The highest BCUT2D eigenvalue weighted by Gasteiger charge is 2.47. The summed E-state index contributed by atoms with van der Waals surface area (Å²) in [6, 6.07) is -0.400. The molecule has 1 aliphatic carbocycles. The van der Waals surface area contributed by atoms with Gasteiger partial charge in [-0.25, -0.2) is 4.79 Å². The van der Waals surface area contributed by atoms with Crippen LogP contribution in [0.25, 0.3) is 0 Å². The molecule has 1 aromatic heterocycles. The Bertz CT molecular complexity index is 1050. The van der Waals surface area contributed by atoms with Gasteiger partial charge in [0.15, 0.2) is 5.69 Å². The molecule has 0 bridgehead atoms. The second-order valence-electron chi connectivity index (χ2n) is 9.28. The number of amides is 1. The van der Waals surface area contributed by atoms with E-state index >= 15 is 0 Å². The average molecular weight is 524 g/mol. The number of piperidine rings is 2. The normalized spacial score (nSPS) is 25.4. The number of hydrogen-bond donors (Lipinski definition) is 1. The Morgan fingerprint density at radius 2 is 1.83 bits per heavy atom. The van der Waals surface area contributed by atoms with Crippen molar-refractivity contribution in [2.45, 2.75) is 75.7 Å². The number of carbonyl (C=O) groups excluding carboxylic acids is 2. The van der Waals surface area contributed by atoms with Crippen molar-refractivity contribution >= 4 is 22.1 Å². The monoisotopic (exact) mass is 523 g/mol. The van der Waals surface area contributed by atoms with Crippen molar-refractivity contribution in [2.24, 2.45) is 5.73 Å². The number of alkyl halides is 3. The van der Waals surface area contributed by atoms with Gasteiger partial charge in [-0.1, -0.05) is 5.16 Å². The number of hydroxylamine groups is 2. The van der Waals surface area contributed by atoms with E-state index in [1.54, 1.807) is 6.92 Å². The number of aromatic nitrogens is 1. The maximum absolute atomic E-state index is 13.1. The molecule has 2 saturated heterocycles. The van der Waals surface area contributed by atoms with E-state index in [-0.39, 0.29) is 50.1 Å². The van der Waals surface area contributed by atoms with Crippen LogP contribution in [-0.2, 0) is 19.8 Å². The summed E-state index contributed by atoms with van der Waals surface area (Å²) in [5, 5.41) is 4.01. The van der Waals surface area contributed by atoms with Crippen LogP contribution in [0.15, 0.2) is 10.6 Å². The lowest BCUT2D eigenvalue weighted by Gasteiger charge is -2.42. The van der Waals surface area contributed by atoms with Crippen molar-refractivity contribution < 1.29 is 40.5 Å². The minimum Gasteiger partial charge on any atom is -0.360 e. The minimum absolute atomic E-state index is 0.0405. The van der Waals surface area contributed by atoms with Gasteiger partial charge >= 0.3 is 18.1 Å². The zero-order valence-electron chi connectivity index (χ0n) is 19.1. The zero-order chi connectivity index (χ0) is 25.5. The Hall–Kier alpha value is -2.23. The van der Waals surface area contributed by atoms with E-state index in [1.165, 1.54) is 14.7 Å². The van der Waals surface area contributed by atoms with E-state index in [4.69, 9.17) is 10.3 Å². The Kier molecular flexibility index (Phi) is 7.14. The van der Waals surface area contributed by atoms with Gasteiger partial charge in [-0.3, -0.25) is 4.79 Å². The molecule has 0 aromatic carbocycles. The lowest BCUT2D eigenvalue weighted by Crippen LogP contribution is -2.57. The molecular weight excluding hydrogens is 495 g/mol. The van der Waals surface area contributed by atoms with Gasteiger partial charge in [0.05, 0.1) is 6.04 Å². The molecule has 2 aliphatic heterocycles. The first-order valence-electron chi connectivity index (χ1n) is 11.5. The van der Waals surface area contributed by atoms with E-state index < -0.39 is 40.3 Å². The first-order valence-corrected chi connectivity index (χ1v) is 12.9. The number of nitrogens with two attached hydrogens (primary N) is 1. The zero-order valence-corrected chi connectivity index (χ0v) is 19.9. The van der Waals surface area contributed by atoms with Crippen LogP contribution in [0.4, 0.5) is 13.2 Å². The third kappa shape index (κ3) is 5.62. The molecule has 4 rings (SSSR count). The van der Waals surface area contributed by atoms with Gasteiger partial charge in [0.2, 0.25) is 0 Å². The van der Waals surface area contributed by atoms with Crippen molar-refractivity contribution in [3.63, 3.8) is 0 Å². The molecule has 2 atom stereocenters. The molecule has 0 unspecified atom stereocenters. The number of rotatable bonds is 5. The van der Waals surface area contributed by atoms with Crippen LogP contribution in [0.1, 0.15) is 67.6 Å². The Morgan fingerprint density at radius 3 is 2.40 bits per heavy atom. The van der Waals surface area contributed by atoms with Gasteiger partial charge in [-0.15, -0.1) is 0 Å². The van der Waals surface area contributed by atoms with Gasteiger partial charge in [-0.05, 0) is 45.4 Å². The molecule has 1 amide bonds. The maximum Gasteiger partial charge on any atom is 0.493 e. The van der Waals surface area contributed by atoms with Gasteiger partial charge in [0.25, 0.3) is 10.2 Å². The quantitative estimate of drug-likeness (QED) is 0.574. The number of halogens is 3. The van der Waals surface area contributed by atoms with Crippen LogP contribution in [0.3, 0.4) is 0 Å². The van der Waals surface area contributed by atoms with E-state index in [9.17, 15) is 31.2 Å². The summed E-state index contributed by atoms with van der Waals surface area (Å²) in [7, 11) is -3.83. The Labute approximate surface area is 200 Å². The fourth-order valence-electron chi connectivity index (χ4n) is 4.42. The summed E-state index contributed by atoms with van der Waals surface area (Å²) in [5.41, 5.74) is 5.58. The molecule has 15 heteroatoms. The smallest absolute Gasteiger partial charge is 0.360 e.